The predicted octanol–water partition coefficient (Wildman–Crippen LogP) is 2.36. The molecule has 2 aromatic rings. The van der Waals surface area contributed by atoms with E-state index in [-0.39, 0.29) is 11.5 Å². The normalized spacial score (nSPS) is 18.2. The molecular formula is C21H31N5O2. The third kappa shape index (κ3) is 4.65. The van der Waals surface area contributed by atoms with Crippen LogP contribution in [-0.4, -0.2) is 61.0 Å². The van der Waals surface area contributed by atoms with Crippen molar-refractivity contribution in [3.8, 4) is 5.75 Å². The summed E-state index contributed by atoms with van der Waals surface area (Å²) in [5.41, 5.74) is 2.25. The Bertz CT molecular complexity index is 815. The topological polar surface area (TPSA) is 63.9 Å². The van der Waals surface area contributed by atoms with E-state index in [1.54, 1.807) is 11.8 Å². The number of rotatable bonds is 5. The molecule has 1 unspecified atom stereocenters. The lowest BCUT2D eigenvalue weighted by molar-refractivity contribution is -0.00808. The zero-order valence-electron chi connectivity index (χ0n) is 17.5. The van der Waals surface area contributed by atoms with E-state index in [1.807, 2.05) is 38.6 Å². The highest BCUT2D eigenvalue weighted by Gasteiger charge is 2.27. The summed E-state index contributed by atoms with van der Waals surface area (Å²) in [5, 5.41) is 7.81. The van der Waals surface area contributed by atoms with Gasteiger partial charge in [0, 0.05) is 44.4 Å². The fourth-order valence-electron chi connectivity index (χ4n) is 3.43. The second-order valence-corrected chi connectivity index (χ2v) is 7.77. The minimum Gasteiger partial charge on any atom is -0.497 e. The highest BCUT2D eigenvalue weighted by Crippen LogP contribution is 2.26. The minimum atomic E-state index is -0.0699. The Kier molecular flexibility index (Phi) is 6.24. The van der Waals surface area contributed by atoms with Gasteiger partial charge in [0.05, 0.1) is 26.5 Å². The molecule has 1 atom stereocenters. The number of aryl methyl sites for hydroxylation is 1. The van der Waals surface area contributed by atoms with Gasteiger partial charge in [0.2, 0.25) is 0 Å². The van der Waals surface area contributed by atoms with Gasteiger partial charge in [-0.15, -0.1) is 0 Å². The van der Waals surface area contributed by atoms with Crippen molar-refractivity contribution in [1.82, 2.24) is 20.0 Å². The molecule has 1 fully saturated rings. The zero-order valence-corrected chi connectivity index (χ0v) is 17.5. The molecule has 1 aliphatic rings. The number of morpholine rings is 1. The minimum absolute atomic E-state index is 0.00685. The van der Waals surface area contributed by atoms with Crippen LogP contribution in [0.3, 0.4) is 0 Å². The second-order valence-electron chi connectivity index (χ2n) is 7.77. The maximum Gasteiger partial charge on any atom is 0.193 e. The zero-order chi connectivity index (χ0) is 20.1. The standard InChI is InChI=1S/C21H31N5O2/c1-21(2,17-7-6-8-18(11-17)27-5)15-23-20(22-3)26-9-10-28-19(14-26)16-12-24-25(4)13-16/h6-8,11-13,19H,9-10,14-15H2,1-5H3,(H,22,23). The van der Waals surface area contributed by atoms with E-state index in [0.717, 1.165) is 36.9 Å². The third-order valence-corrected chi connectivity index (χ3v) is 5.21. The van der Waals surface area contributed by atoms with Gasteiger partial charge in [-0.1, -0.05) is 26.0 Å². The van der Waals surface area contributed by atoms with Crippen molar-refractivity contribution < 1.29 is 9.47 Å². The maximum absolute atomic E-state index is 5.95. The Labute approximate surface area is 167 Å². The van der Waals surface area contributed by atoms with E-state index in [9.17, 15) is 0 Å². The van der Waals surface area contributed by atoms with E-state index in [1.165, 1.54) is 5.56 Å². The van der Waals surface area contributed by atoms with Gasteiger partial charge in [0.15, 0.2) is 5.96 Å². The van der Waals surface area contributed by atoms with Gasteiger partial charge in [-0.3, -0.25) is 9.67 Å². The first-order valence-electron chi connectivity index (χ1n) is 9.63. The molecule has 3 rings (SSSR count). The SMILES string of the molecule is CN=C(NCC(C)(C)c1cccc(OC)c1)N1CCOC(c2cnn(C)c2)C1. The van der Waals surface area contributed by atoms with Crippen molar-refractivity contribution >= 4 is 5.96 Å². The molecule has 7 heteroatoms. The quantitative estimate of drug-likeness (QED) is 0.632. The number of aliphatic imine (C=N–C) groups is 1. The van der Waals surface area contributed by atoms with Crippen LogP contribution < -0.4 is 10.1 Å². The molecule has 0 radical (unpaired) electrons. The number of methoxy groups -OCH3 is 1. The van der Waals surface area contributed by atoms with Gasteiger partial charge in [-0.25, -0.2) is 0 Å². The summed E-state index contributed by atoms with van der Waals surface area (Å²) in [6.07, 6.45) is 3.89. The molecule has 1 saturated heterocycles. The number of ether oxygens (including phenoxy) is 2. The summed E-state index contributed by atoms with van der Waals surface area (Å²) in [5.74, 6) is 1.77. The van der Waals surface area contributed by atoms with Crippen molar-refractivity contribution in [2.75, 3.05) is 40.4 Å². The molecule has 28 heavy (non-hydrogen) atoms. The van der Waals surface area contributed by atoms with Crippen LogP contribution in [0.2, 0.25) is 0 Å². The summed E-state index contributed by atoms with van der Waals surface area (Å²) in [7, 11) is 5.45. The van der Waals surface area contributed by atoms with E-state index in [0.29, 0.717) is 6.61 Å². The van der Waals surface area contributed by atoms with Gasteiger partial charge >= 0.3 is 0 Å². The first-order valence-corrected chi connectivity index (χ1v) is 9.63. The van der Waals surface area contributed by atoms with Crippen molar-refractivity contribution in [3.05, 3.63) is 47.8 Å². The van der Waals surface area contributed by atoms with Crippen LogP contribution in [0.15, 0.2) is 41.7 Å². The first-order chi connectivity index (χ1) is 13.4. The maximum atomic E-state index is 5.95. The lowest BCUT2D eigenvalue weighted by atomic mass is 9.84. The largest absolute Gasteiger partial charge is 0.497 e. The average Bonchev–Trinajstić information content (AvgIpc) is 3.15. The highest BCUT2D eigenvalue weighted by molar-refractivity contribution is 5.80. The van der Waals surface area contributed by atoms with Crippen LogP contribution in [0, 0.1) is 0 Å². The molecule has 7 nitrogen and oxygen atoms in total. The third-order valence-electron chi connectivity index (χ3n) is 5.21. The van der Waals surface area contributed by atoms with Crippen molar-refractivity contribution in [2.45, 2.75) is 25.4 Å². The Morgan fingerprint density at radius 1 is 1.43 bits per heavy atom. The molecule has 0 spiro atoms. The number of aromatic nitrogens is 2. The van der Waals surface area contributed by atoms with Gasteiger partial charge in [-0.05, 0) is 17.7 Å². The Balaban J connectivity index is 1.65. The van der Waals surface area contributed by atoms with Crippen LogP contribution in [0.5, 0.6) is 5.75 Å². The van der Waals surface area contributed by atoms with Crippen molar-refractivity contribution in [2.24, 2.45) is 12.0 Å². The molecule has 1 N–H and O–H groups in total. The van der Waals surface area contributed by atoms with Crippen molar-refractivity contribution in [1.29, 1.82) is 0 Å². The Morgan fingerprint density at radius 3 is 2.93 bits per heavy atom. The monoisotopic (exact) mass is 385 g/mol. The average molecular weight is 386 g/mol. The Hall–Kier alpha value is -2.54. The van der Waals surface area contributed by atoms with Crippen LogP contribution >= 0.6 is 0 Å². The summed E-state index contributed by atoms with van der Waals surface area (Å²) < 4.78 is 13.1. The fourth-order valence-corrected chi connectivity index (χ4v) is 3.43. The van der Waals surface area contributed by atoms with Crippen LogP contribution in [0.4, 0.5) is 0 Å². The number of hydrogen-bond donors (Lipinski definition) is 1. The van der Waals surface area contributed by atoms with Crippen LogP contribution in [-0.2, 0) is 17.2 Å². The van der Waals surface area contributed by atoms with E-state index in [2.05, 4.69) is 46.3 Å². The summed E-state index contributed by atoms with van der Waals surface area (Å²) in [6, 6.07) is 8.24. The smallest absolute Gasteiger partial charge is 0.193 e. The fraction of sp³-hybridized carbons (Fsp3) is 0.524. The number of guanidine groups is 1. The molecule has 0 amide bonds. The number of benzene rings is 1. The summed E-state index contributed by atoms with van der Waals surface area (Å²) in [6.45, 7) is 7.45. The van der Waals surface area contributed by atoms with Gasteiger partial charge in [0.25, 0.3) is 0 Å². The molecule has 1 aromatic heterocycles. The molecule has 0 bridgehead atoms. The Morgan fingerprint density at radius 2 is 2.25 bits per heavy atom. The number of hydrogen-bond acceptors (Lipinski definition) is 4. The predicted molar refractivity (Wildman–Crippen MR) is 111 cm³/mol. The molecular weight excluding hydrogens is 354 g/mol. The summed E-state index contributed by atoms with van der Waals surface area (Å²) >= 11 is 0. The molecule has 0 saturated carbocycles. The molecule has 1 aromatic carbocycles. The van der Waals surface area contributed by atoms with E-state index >= 15 is 0 Å². The highest BCUT2D eigenvalue weighted by atomic mass is 16.5. The number of nitrogens with one attached hydrogen (secondary N) is 1. The molecule has 1 aliphatic heterocycles. The molecule has 152 valence electrons. The van der Waals surface area contributed by atoms with E-state index < -0.39 is 0 Å². The van der Waals surface area contributed by atoms with E-state index in [4.69, 9.17) is 9.47 Å². The number of nitrogens with zero attached hydrogens (tertiary/aromatic N) is 4. The van der Waals surface area contributed by atoms with Gasteiger partial charge in [0.1, 0.15) is 11.9 Å². The lowest BCUT2D eigenvalue weighted by Crippen LogP contribution is -2.50. The lowest BCUT2D eigenvalue weighted by Gasteiger charge is -2.36. The van der Waals surface area contributed by atoms with Crippen LogP contribution in [0.1, 0.15) is 31.1 Å². The second kappa shape index (κ2) is 8.65. The van der Waals surface area contributed by atoms with Crippen LogP contribution in [0.25, 0.3) is 0 Å². The summed E-state index contributed by atoms with van der Waals surface area (Å²) in [4.78, 5) is 6.76. The van der Waals surface area contributed by atoms with Gasteiger partial charge in [-0.2, -0.15) is 5.10 Å². The molecule has 2 heterocycles. The first kappa shape index (κ1) is 20.2. The van der Waals surface area contributed by atoms with Gasteiger partial charge < -0.3 is 19.7 Å². The van der Waals surface area contributed by atoms with Crippen molar-refractivity contribution in [3.63, 3.8) is 0 Å². The molecule has 0 aliphatic carbocycles.